The first kappa shape index (κ1) is 18.8. The van der Waals surface area contributed by atoms with E-state index in [1.807, 2.05) is 5.38 Å². The molecule has 0 unspecified atom stereocenters. The number of ether oxygens (including phenoxy) is 1. The van der Waals surface area contributed by atoms with Crippen LogP contribution in [0.5, 0.6) is 0 Å². The van der Waals surface area contributed by atoms with Gasteiger partial charge in [0.25, 0.3) is 5.91 Å². The van der Waals surface area contributed by atoms with Gasteiger partial charge < -0.3 is 15.4 Å². The second kappa shape index (κ2) is 7.31. The summed E-state index contributed by atoms with van der Waals surface area (Å²) in [6, 6.07) is 0.170. The third-order valence-corrected chi connectivity index (χ3v) is 5.61. The van der Waals surface area contributed by atoms with Gasteiger partial charge >= 0.3 is 0 Å². The molecule has 1 aromatic rings. The molecule has 6 nitrogen and oxygen atoms in total. The Balaban J connectivity index is 1.58. The molecular formula is C18H30N4O2S. The molecule has 0 radical (unpaired) electrons. The number of hydrogen-bond acceptors (Lipinski definition) is 6. The van der Waals surface area contributed by atoms with E-state index in [4.69, 9.17) is 4.74 Å². The molecule has 0 atom stereocenters. The molecule has 0 bridgehead atoms. The number of amides is 1. The first-order chi connectivity index (χ1) is 11.7. The van der Waals surface area contributed by atoms with Crippen LogP contribution in [0.4, 0.5) is 0 Å². The Morgan fingerprint density at radius 1 is 1.32 bits per heavy atom. The lowest BCUT2D eigenvalue weighted by Gasteiger charge is -2.46. The second-order valence-corrected chi connectivity index (χ2v) is 9.43. The predicted octanol–water partition coefficient (Wildman–Crippen LogP) is 2.01. The molecule has 1 aromatic heterocycles. The Labute approximate surface area is 154 Å². The van der Waals surface area contributed by atoms with Crippen molar-refractivity contribution in [1.29, 1.82) is 0 Å². The molecule has 25 heavy (non-hydrogen) atoms. The van der Waals surface area contributed by atoms with Crippen molar-refractivity contribution in [2.75, 3.05) is 26.3 Å². The minimum absolute atomic E-state index is 0.0171. The van der Waals surface area contributed by atoms with Crippen molar-refractivity contribution < 1.29 is 9.53 Å². The standard InChI is InChI=1S/C18H30N4O2S/c1-17(2)9-13(10-18(3,4)21-17)19-16(23)14-12-25-15(20-14)11-22-5-7-24-8-6-22/h12-13,21H,5-11H2,1-4H3,(H,19,23). The maximum absolute atomic E-state index is 12.6. The smallest absolute Gasteiger partial charge is 0.270 e. The van der Waals surface area contributed by atoms with Crippen molar-refractivity contribution in [3.8, 4) is 0 Å². The number of thiazole rings is 1. The molecule has 2 fully saturated rings. The first-order valence-corrected chi connectivity index (χ1v) is 9.95. The monoisotopic (exact) mass is 366 g/mol. The normalized spacial score (nSPS) is 24.2. The van der Waals surface area contributed by atoms with Crippen LogP contribution in [0.15, 0.2) is 5.38 Å². The number of nitrogens with one attached hydrogen (secondary N) is 2. The Bertz CT molecular complexity index is 592. The number of aromatic nitrogens is 1. The van der Waals surface area contributed by atoms with E-state index in [-0.39, 0.29) is 23.0 Å². The zero-order chi connectivity index (χ0) is 18.1. The van der Waals surface area contributed by atoms with E-state index in [1.165, 1.54) is 0 Å². The van der Waals surface area contributed by atoms with E-state index in [0.29, 0.717) is 5.69 Å². The topological polar surface area (TPSA) is 66.5 Å². The van der Waals surface area contributed by atoms with Crippen LogP contribution >= 0.6 is 11.3 Å². The third kappa shape index (κ3) is 5.23. The molecule has 1 amide bonds. The highest BCUT2D eigenvalue weighted by Gasteiger charge is 2.38. The molecule has 0 aromatic carbocycles. The van der Waals surface area contributed by atoms with Gasteiger partial charge in [-0.25, -0.2) is 4.98 Å². The molecule has 0 spiro atoms. The Hall–Kier alpha value is -1.02. The zero-order valence-corrected chi connectivity index (χ0v) is 16.5. The van der Waals surface area contributed by atoms with Crippen LogP contribution in [0, 0.1) is 0 Å². The van der Waals surface area contributed by atoms with Crippen LogP contribution in [0.2, 0.25) is 0 Å². The van der Waals surface area contributed by atoms with Crippen LogP contribution < -0.4 is 10.6 Å². The first-order valence-electron chi connectivity index (χ1n) is 9.07. The number of hydrogen-bond donors (Lipinski definition) is 2. The van der Waals surface area contributed by atoms with Crippen molar-refractivity contribution in [1.82, 2.24) is 20.5 Å². The second-order valence-electron chi connectivity index (χ2n) is 8.49. The van der Waals surface area contributed by atoms with E-state index in [9.17, 15) is 4.79 Å². The summed E-state index contributed by atoms with van der Waals surface area (Å²) in [6.45, 7) is 13.0. The lowest BCUT2D eigenvalue weighted by Crippen LogP contribution is -2.62. The van der Waals surface area contributed by atoms with E-state index >= 15 is 0 Å². The van der Waals surface area contributed by atoms with Crippen LogP contribution in [-0.2, 0) is 11.3 Å². The highest BCUT2D eigenvalue weighted by atomic mass is 32.1. The summed E-state index contributed by atoms with van der Waals surface area (Å²) in [6.07, 6.45) is 1.85. The molecule has 0 aliphatic carbocycles. The molecule has 2 N–H and O–H groups in total. The van der Waals surface area contributed by atoms with Gasteiger partial charge in [0, 0.05) is 35.6 Å². The fraction of sp³-hybridized carbons (Fsp3) is 0.778. The number of nitrogens with zero attached hydrogens (tertiary/aromatic N) is 2. The highest BCUT2D eigenvalue weighted by Crippen LogP contribution is 2.28. The van der Waals surface area contributed by atoms with E-state index in [1.54, 1.807) is 11.3 Å². The fourth-order valence-electron chi connectivity index (χ4n) is 4.12. The fourth-order valence-corrected chi connectivity index (χ4v) is 4.94. The van der Waals surface area contributed by atoms with Crippen LogP contribution in [0.3, 0.4) is 0 Å². The van der Waals surface area contributed by atoms with Crippen molar-refractivity contribution >= 4 is 17.2 Å². The highest BCUT2D eigenvalue weighted by molar-refractivity contribution is 7.09. The van der Waals surface area contributed by atoms with Crippen molar-refractivity contribution in [3.63, 3.8) is 0 Å². The molecule has 2 saturated heterocycles. The van der Waals surface area contributed by atoms with Crippen LogP contribution in [0.1, 0.15) is 56.0 Å². The van der Waals surface area contributed by atoms with Crippen molar-refractivity contribution in [2.24, 2.45) is 0 Å². The zero-order valence-electron chi connectivity index (χ0n) is 15.7. The van der Waals surface area contributed by atoms with Gasteiger partial charge in [0.15, 0.2) is 0 Å². The number of piperidine rings is 1. The van der Waals surface area contributed by atoms with Gasteiger partial charge in [-0.15, -0.1) is 11.3 Å². The minimum Gasteiger partial charge on any atom is -0.379 e. The number of carbonyl (C=O) groups excluding carboxylic acids is 1. The number of rotatable bonds is 4. The van der Waals surface area contributed by atoms with Gasteiger partial charge in [-0.1, -0.05) is 0 Å². The summed E-state index contributed by atoms with van der Waals surface area (Å²) in [5, 5.41) is 9.71. The van der Waals surface area contributed by atoms with Crippen LogP contribution in [0.25, 0.3) is 0 Å². The molecule has 2 aliphatic rings. The van der Waals surface area contributed by atoms with Crippen LogP contribution in [-0.4, -0.2) is 59.2 Å². The van der Waals surface area contributed by atoms with Gasteiger partial charge in [0.2, 0.25) is 0 Å². The quantitative estimate of drug-likeness (QED) is 0.853. The Morgan fingerprint density at radius 3 is 2.60 bits per heavy atom. The van der Waals surface area contributed by atoms with E-state index < -0.39 is 0 Å². The molecule has 0 saturated carbocycles. The maximum atomic E-state index is 12.6. The molecule has 7 heteroatoms. The maximum Gasteiger partial charge on any atom is 0.270 e. The summed E-state index contributed by atoms with van der Waals surface area (Å²) in [7, 11) is 0. The van der Waals surface area contributed by atoms with Gasteiger partial charge in [0.1, 0.15) is 10.7 Å². The summed E-state index contributed by atoms with van der Waals surface area (Å²) < 4.78 is 5.37. The van der Waals surface area contributed by atoms with Gasteiger partial charge in [0.05, 0.1) is 19.8 Å². The lowest BCUT2D eigenvalue weighted by molar-refractivity contribution is 0.0341. The number of morpholine rings is 1. The summed E-state index contributed by atoms with van der Waals surface area (Å²) in [5.41, 5.74) is 0.578. The minimum atomic E-state index is -0.0528. The van der Waals surface area contributed by atoms with E-state index in [2.05, 4.69) is 48.2 Å². The van der Waals surface area contributed by atoms with Gasteiger partial charge in [-0.3, -0.25) is 9.69 Å². The predicted molar refractivity (Wildman–Crippen MR) is 100.0 cm³/mol. The average molecular weight is 367 g/mol. The summed E-state index contributed by atoms with van der Waals surface area (Å²) in [5.74, 6) is -0.0528. The molecule has 140 valence electrons. The SMILES string of the molecule is CC1(C)CC(NC(=O)c2csc(CN3CCOCC3)n2)CC(C)(C)N1. The van der Waals surface area contributed by atoms with E-state index in [0.717, 1.165) is 50.7 Å². The van der Waals surface area contributed by atoms with Gasteiger partial charge in [-0.05, 0) is 40.5 Å². The molecule has 3 rings (SSSR count). The largest absolute Gasteiger partial charge is 0.379 e. The lowest BCUT2D eigenvalue weighted by atomic mass is 9.79. The Kier molecular flexibility index (Phi) is 5.48. The average Bonchev–Trinajstić information content (AvgIpc) is 2.93. The third-order valence-electron chi connectivity index (χ3n) is 4.77. The number of carbonyl (C=O) groups is 1. The summed E-state index contributed by atoms with van der Waals surface area (Å²) >= 11 is 1.57. The Morgan fingerprint density at radius 2 is 1.96 bits per heavy atom. The van der Waals surface area contributed by atoms with Crippen molar-refractivity contribution in [2.45, 2.75) is 64.2 Å². The van der Waals surface area contributed by atoms with Gasteiger partial charge in [-0.2, -0.15) is 0 Å². The summed E-state index contributed by atoms with van der Waals surface area (Å²) in [4.78, 5) is 19.5. The molecule has 3 heterocycles. The molecule has 2 aliphatic heterocycles. The molecular weight excluding hydrogens is 336 g/mol. The van der Waals surface area contributed by atoms with Crippen molar-refractivity contribution in [3.05, 3.63) is 16.1 Å².